The van der Waals surface area contributed by atoms with Gasteiger partial charge in [-0.2, -0.15) is 0 Å². The molecule has 0 saturated heterocycles. The molecule has 1 saturated carbocycles. The van der Waals surface area contributed by atoms with Gasteiger partial charge in [0.1, 0.15) is 5.76 Å². The Hall–Kier alpha value is -1.58. The van der Waals surface area contributed by atoms with Gasteiger partial charge >= 0.3 is 5.97 Å². The predicted molar refractivity (Wildman–Crippen MR) is 68.3 cm³/mol. The number of rotatable bonds is 2. The van der Waals surface area contributed by atoms with Crippen molar-refractivity contribution in [2.24, 2.45) is 5.41 Å². The van der Waals surface area contributed by atoms with Gasteiger partial charge in [-0.15, -0.1) is 0 Å². The van der Waals surface area contributed by atoms with Crippen LogP contribution in [0.5, 0.6) is 0 Å². The molecule has 1 aromatic rings. The SMILES string of the molecule is CCOC(=O)c1oc2c(c1C)C(=O)CC1(CCC1)C2. The maximum Gasteiger partial charge on any atom is 0.374 e. The zero-order valence-corrected chi connectivity index (χ0v) is 11.4. The molecule has 2 aliphatic carbocycles. The highest BCUT2D eigenvalue weighted by molar-refractivity contribution is 6.03. The van der Waals surface area contributed by atoms with Crippen LogP contribution in [0.15, 0.2) is 4.42 Å². The molecule has 0 radical (unpaired) electrons. The van der Waals surface area contributed by atoms with Gasteiger partial charge < -0.3 is 9.15 Å². The number of carbonyl (C=O) groups is 2. The summed E-state index contributed by atoms with van der Waals surface area (Å²) in [6.07, 6.45) is 4.75. The molecule has 1 aromatic heterocycles. The van der Waals surface area contributed by atoms with E-state index in [9.17, 15) is 9.59 Å². The van der Waals surface area contributed by atoms with Crippen LogP contribution in [0, 0.1) is 12.3 Å². The molecule has 2 aliphatic rings. The van der Waals surface area contributed by atoms with Gasteiger partial charge in [-0.1, -0.05) is 6.42 Å². The number of fused-ring (bicyclic) bond motifs is 1. The van der Waals surface area contributed by atoms with Crippen molar-refractivity contribution >= 4 is 11.8 Å². The van der Waals surface area contributed by atoms with Crippen molar-refractivity contribution in [3.8, 4) is 0 Å². The molecule has 1 spiro atoms. The molecular weight excluding hydrogens is 244 g/mol. The molecule has 19 heavy (non-hydrogen) atoms. The van der Waals surface area contributed by atoms with Gasteiger partial charge in [0, 0.05) is 18.4 Å². The second-order valence-electron chi connectivity index (χ2n) is 5.71. The number of ketones is 1. The third-order valence-electron chi connectivity index (χ3n) is 4.44. The fourth-order valence-corrected chi connectivity index (χ4v) is 3.32. The van der Waals surface area contributed by atoms with Crippen LogP contribution in [0.2, 0.25) is 0 Å². The van der Waals surface area contributed by atoms with Crippen molar-refractivity contribution in [1.82, 2.24) is 0 Å². The van der Waals surface area contributed by atoms with Crippen LogP contribution in [0.25, 0.3) is 0 Å². The first kappa shape index (κ1) is 12.5. The Morgan fingerprint density at radius 2 is 2.11 bits per heavy atom. The first-order chi connectivity index (χ1) is 9.06. The fraction of sp³-hybridized carbons (Fsp3) is 0.600. The summed E-state index contributed by atoms with van der Waals surface area (Å²) >= 11 is 0. The van der Waals surface area contributed by atoms with Gasteiger partial charge in [0.15, 0.2) is 5.78 Å². The summed E-state index contributed by atoms with van der Waals surface area (Å²) in [4.78, 5) is 24.1. The minimum Gasteiger partial charge on any atom is -0.460 e. The van der Waals surface area contributed by atoms with Gasteiger partial charge in [-0.05, 0) is 32.1 Å². The lowest BCUT2D eigenvalue weighted by Gasteiger charge is -2.43. The second kappa shape index (κ2) is 4.22. The van der Waals surface area contributed by atoms with Gasteiger partial charge in [-0.3, -0.25) is 4.79 Å². The molecule has 3 rings (SSSR count). The van der Waals surface area contributed by atoms with Crippen molar-refractivity contribution in [2.75, 3.05) is 6.61 Å². The summed E-state index contributed by atoms with van der Waals surface area (Å²) in [6.45, 7) is 3.83. The maximum absolute atomic E-state index is 12.3. The van der Waals surface area contributed by atoms with Crippen LogP contribution in [-0.2, 0) is 11.2 Å². The highest BCUT2D eigenvalue weighted by Gasteiger charge is 2.46. The number of carbonyl (C=O) groups excluding carboxylic acids is 2. The Balaban J connectivity index is 1.99. The molecule has 0 atom stereocenters. The summed E-state index contributed by atoms with van der Waals surface area (Å²) in [7, 11) is 0. The van der Waals surface area contributed by atoms with E-state index in [0.29, 0.717) is 29.9 Å². The molecule has 0 aliphatic heterocycles. The number of hydrogen-bond donors (Lipinski definition) is 0. The Morgan fingerprint density at radius 1 is 1.37 bits per heavy atom. The monoisotopic (exact) mass is 262 g/mol. The topological polar surface area (TPSA) is 56.5 Å². The molecule has 0 bridgehead atoms. The predicted octanol–water partition coefficient (Wildman–Crippen LogP) is 3.06. The largest absolute Gasteiger partial charge is 0.460 e. The summed E-state index contributed by atoms with van der Waals surface area (Å²) in [5.41, 5.74) is 1.38. The highest BCUT2D eigenvalue weighted by Crippen LogP contribution is 2.51. The lowest BCUT2D eigenvalue weighted by molar-refractivity contribution is 0.0476. The fourth-order valence-electron chi connectivity index (χ4n) is 3.32. The third-order valence-corrected chi connectivity index (χ3v) is 4.44. The van der Waals surface area contributed by atoms with E-state index in [-0.39, 0.29) is 17.0 Å². The second-order valence-corrected chi connectivity index (χ2v) is 5.71. The van der Waals surface area contributed by atoms with E-state index in [1.807, 2.05) is 0 Å². The van der Waals surface area contributed by atoms with Crippen molar-refractivity contribution in [3.63, 3.8) is 0 Å². The average Bonchev–Trinajstić information content (AvgIpc) is 2.65. The number of Topliss-reactive ketones (excluding diaryl/α,β-unsaturated/α-hetero) is 1. The molecule has 0 aromatic carbocycles. The minimum absolute atomic E-state index is 0.111. The Labute approximate surface area is 112 Å². The zero-order chi connectivity index (χ0) is 13.6. The zero-order valence-electron chi connectivity index (χ0n) is 11.4. The first-order valence-electron chi connectivity index (χ1n) is 6.89. The van der Waals surface area contributed by atoms with Crippen molar-refractivity contribution in [2.45, 2.75) is 46.0 Å². The van der Waals surface area contributed by atoms with Gasteiger partial charge in [0.2, 0.25) is 5.76 Å². The Kier molecular flexibility index (Phi) is 2.77. The number of esters is 1. The van der Waals surface area contributed by atoms with Gasteiger partial charge in [0.25, 0.3) is 0 Å². The van der Waals surface area contributed by atoms with Crippen LogP contribution in [-0.4, -0.2) is 18.4 Å². The minimum atomic E-state index is -0.468. The molecule has 102 valence electrons. The van der Waals surface area contributed by atoms with Gasteiger partial charge in [0.05, 0.1) is 12.2 Å². The summed E-state index contributed by atoms with van der Waals surface area (Å²) < 4.78 is 10.6. The molecule has 1 heterocycles. The highest BCUT2D eigenvalue weighted by atomic mass is 16.5. The van der Waals surface area contributed by atoms with Crippen molar-refractivity contribution < 1.29 is 18.7 Å². The van der Waals surface area contributed by atoms with Crippen LogP contribution >= 0.6 is 0 Å². The quantitative estimate of drug-likeness (QED) is 0.769. The Bertz CT molecular complexity index is 549. The van der Waals surface area contributed by atoms with E-state index < -0.39 is 5.97 Å². The molecular formula is C15H18O4. The van der Waals surface area contributed by atoms with E-state index in [4.69, 9.17) is 9.15 Å². The maximum atomic E-state index is 12.3. The van der Waals surface area contributed by atoms with Crippen LogP contribution < -0.4 is 0 Å². The Morgan fingerprint density at radius 3 is 2.68 bits per heavy atom. The summed E-state index contributed by atoms with van der Waals surface area (Å²) in [5.74, 6) is 0.552. The van der Waals surface area contributed by atoms with Crippen molar-refractivity contribution in [3.05, 3.63) is 22.6 Å². The van der Waals surface area contributed by atoms with Crippen LogP contribution in [0.3, 0.4) is 0 Å². The summed E-state index contributed by atoms with van der Waals surface area (Å²) in [5, 5.41) is 0. The number of hydrogen-bond acceptors (Lipinski definition) is 4. The molecule has 4 nitrogen and oxygen atoms in total. The first-order valence-corrected chi connectivity index (χ1v) is 6.89. The normalized spacial score (nSPS) is 20.0. The molecule has 0 unspecified atom stereocenters. The molecule has 4 heteroatoms. The van der Waals surface area contributed by atoms with Crippen LogP contribution in [0.1, 0.15) is 64.8 Å². The molecule has 0 N–H and O–H groups in total. The standard InChI is InChI=1S/C15H18O4/c1-3-18-14(17)13-9(2)12-10(16)7-15(5-4-6-15)8-11(12)19-13/h3-8H2,1-2H3. The van der Waals surface area contributed by atoms with Crippen LogP contribution in [0.4, 0.5) is 0 Å². The van der Waals surface area contributed by atoms with Crippen molar-refractivity contribution in [1.29, 1.82) is 0 Å². The van der Waals surface area contributed by atoms with E-state index in [1.165, 1.54) is 6.42 Å². The average molecular weight is 262 g/mol. The molecule has 1 fully saturated rings. The smallest absolute Gasteiger partial charge is 0.374 e. The van der Waals surface area contributed by atoms with E-state index in [0.717, 1.165) is 19.3 Å². The lowest BCUT2D eigenvalue weighted by Crippen LogP contribution is -2.37. The van der Waals surface area contributed by atoms with E-state index in [1.54, 1.807) is 13.8 Å². The van der Waals surface area contributed by atoms with Gasteiger partial charge in [-0.25, -0.2) is 4.79 Å². The van der Waals surface area contributed by atoms with E-state index >= 15 is 0 Å². The number of ether oxygens (including phenoxy) is 1. The van der Waals surface area contributed by atoms with E-state index in [2.05, 4.69) is 0 Å². The lowest BCUT2D eigenvalue weighted by atomic mass is 9.60. The summed E-state index contributed by atoms with van der Waals surface area (Å²) in [6, 6.07) is 0. The third kappa shape index (κ3) is 1.81. The number of furan rings is 1. The molecule has 0 amide bonds.